The van der Waals surface area contributed by atoms with E-state index in [0.717, 1.165) is 29.5 Å². The second-order valence-corrected chi connectivity index (χ2v) is 6.00. The summed E-state index contributed by atoms with van der Waals surface area (Å²) < 4.78 is 0. The Morgan fingerprint density at radius 3 is 2.48 bits per heavy atom. The van der Waals surface area contributed by atoms with Gasteiger partial charge >= 0.3 is 0 Å². The van der Waals surface area contributed by atoms with Crippen LogP contribution in [0, 0.1) is 0 Å². The fourth-order valence-corrected chi connectivity index (χ4v) is 3.35. The molecule has 0 heterocycles. The van der Waals surface area contributed by atoms with Crippen LogP contribution in [0.15, 0.2) is 54.6 Å². The molecule has 3 aromatic rings. The number of phenols is 1. The third-order valence-corrected chi connectivity index (χ3v) is 4.45. The van der Waals surface area contributed by atoms with Gasteiger partial charge in [-0.3, -0.25) is 4.79 Å². The molecule has 3 heteroatoms. The number of hydrogen-bond acceptors (Lipinski definition) is 2. The standard InChI is InChI=1S/C20H17NO2/c22-16-9-4-13(5-10-16)12-19(23)21-18-11-8-15-7-6-14-2-1-3-17(18)20(14)15/h1-5,8-11,22H,6-7,12H2,(H,21,23). The van der Waals surface area contributed by atoms with E-state index >= 15 is 0 Å². The summed E-state index contributed by atoms with van der Waals surface area (Å²) in [6.07, 6.45) is 2.46. The van der Waals surface area contributed by atoms with Crippen molar-refractivity contribution in [1.29, 1.82) is 0 Å². The monoisotopic (exact) mass is 303 g/mol. The van der Waals surface area contributed by atoms with Gasteiger partial charge in [0.2, 0.25) is 5.91 Å². The van der Waals surface area contributed by atoms with Gasteiger partial charge in [-0.15, -0.1) is 0 Å². The molecule has 0 aromatic heterocycles. The van der Waals surface area contributed by atoms with E-state index < -0.39 is 0 Å². The number of aromatic hydroxyl groups is 1. The Kier molecular flexibility index (Phi) is 3.27. The smallest absolute Gasteiger partial charge is 0.228 e. The Morgan fingerprint density at radius 2 is 1.70 bits per heavy atom. The van der Waals surface area contributed by atoms with Crippen molar-refractivity contribution in [3.63, 3.8) is 0 Å². The first-order valence-electron chi connectivity index (χ1n) is 7.82. The number of aryl methyl sites for hydroxylation is 2. The van der Waals surface area contributed by atoms with Crippen molar-refractivity contribution in [2.24, 2.45) is 0 Å². The summed E-state index contributed by atoms with van der Waals surface area (Å²) in [4.78, 5) is 12.3. The van der Waals surface area contributed by atoms with Crippen molar-refractivity contribution in [1.82, 2.24) is 0 Å². The van der Waals surface area contributed by atoms with E-state index in [2.05, 4.69) is 29.6 Å². The molecule has 2 N–H and O–H groups in total. The highest BCUT2D eigenvalue weighted by atomic mass is 16.3. The molecule has 0 atom stereocenters. The van der Waals surface area contributed by atoms with E-state index in [9.17, 15) is 9.90 Å². The average molecular weight is 303 g/mol. The van der Waals surface area contributed by atoms with Gasteiger partial charge in [0.1, 0.15) is 5.75 Å². The summed E-state index contributed by atoms with van der Waals surface area (Å²) in [5, 5.41) is 14.8. The number of nitrogens with one attached hydrogen (secondary N) is 1. The van der Waals surface area contributed by atoms with Crippen molar-refractivity contribution < 1.29 is 9.90 Å². The number of benzene rings is 3. The number of carbonyl (C=O) groups is 1. The lowest BCUT2D eigenvalue weighted by Crippen LogP contribution is -2.14. The van der Waals surface area contributed by atoms with Crippen LogP contribution in [0.5, 0.6) is 5.75 Å². The summed E-state index contributed by atoms with van der Waals surface area (Å²) in [5.41, 5.74) is 4.49. The van der Waals surface area contributed by atoms with Gasteiger partial charge in [-0.05, 0) is 53.1 Å². The molecule has 0 saturated heterocycles. The molecule has 23 heavy (non-hydrogen) atoms. The van der Waals surface area contributed by atoms with Crippen LogP contribution < -0.4 is 5.32 Å². The molecule has 0 radical (unpaired) electrons. The van der Waals surface area contributed by atoms with Gasteiger partial charge in [0.25, 0.3) is 0 Å². The zero-order chi connectivity index (χ0) is 15.8. The molecule has 0 fully saturated rings. The van der Waals surface area contributed by atoms with Gasteiger partial charge in [-0.25, -0.2) is 0 Å². The number of anilines is 1. The molecule has 0 bridgehead atoms. The van der Waals surface area contributed by atoms with Crippen molar-refractivity contribution in [2.45, 2.75) is 19.3 Å². The molecule has 3 aromatic carbocycles. The second-order valence-electron chi connectivity index (χ2n) is 6.00. The van der Waals surface area contributed by atoms with E-state index in [0.29, 0.717) is 6.42 Å². The number of rotatable bonds is 3. The lowest BCUT2D eigenvalue weighted by Gasteiger charge is -2.11. The summed E-state index contributed by atoms with van der Waals surface area (Å²) in [6, 6.07) is 17.2. The summed E-state index contributed by atoms with van der Waals surface area (Å²) in [7, 11) is 0. The predicted molar refractivity (Wildman–Crippen MR) is 91.8 cm³/mol. The zero-order valence-electron chi connectivity index (χ0n) is 12.7. The Labute approximate surface area is 134 Å². The molecule has 0 aliphatic heterocycles. The highest BCUT2D eigenvalue weighted by Crippen LogP contribution is 2.35. The van der Waals surface area contributed by atoms with Crippen LogP contribution in [0.25, 0.3) is 10.8 Å². The maximum Gasteiger partial charge on any atom is 0.228 e. The molecule has 1 amide bonds. The molecule has 114 valence electrons. The van der Waals surface area contributed by atoms with E-state index in [4.69, 9.17) is 0 Å². The molecule has 0 saturated carbocycles. The van der Waals surface area contributed by atoms with Crippen LogP contribution in [0.1, 0.15) is 16.7 Å². The van der Waals surface area contributed by atoms with E-state index in [1.54, 1.807) is 24.3 Å². The third-order valence-electron chi connectivity index (χ3n) is 4.45. The van der Waals surface area contributed by atoms with Crippen LogP contribution >= 0.6 is 0 Å². The van der Waals surface area contributed by atoms with Crippen LogP contribution in [-0.4, -0.2) is 11.0 Å². The molecule has 0 unspecified atom stereocenters. The maximum atomic E-state index is 12.3. The first-order chi connectivity index (χ1) is 11.2. The van der Waals surface area contributed by atoms with E-state index in [1.165, 1.54) is 16.5 Å². The molecule has 4 rings (SSSR count). The Balaban J connectivity index is 1.61. The van der Waals surface area contributed by atoms with Crippen molar-refractivity contribution in [3.8, 4) is 5.75 Å². The maximum absolute atomic E-state index is 12.3. The predicted octanol–water partition coefficient (Wildman–Crippen LogP) is 3.83. The Hall–Kier alpha value is -2.81. The highest BCUT2D eigenvalue weighted by Gasteiger charge is 2.16. The molecule has 0 spiro atoms. The first-order valence-corrected chi connectivity index (χ1v) is 7.82. The molecule has 1 aliphatic rings. The number of phenolic OH excluding ortho intramolecular Hbond substituents is 1. The fraction of sp³-hybridized carbons (Fsp3) is 0.150. The summed E-state index contributed by atoms with van der Waals surface area (Å²) >= 11 is 0. The highest BCUT2D eigenvalue weighted by molar-refractivity contribution is 6.05. The molecular weight excluding hydrogens is 286 g/mol. The van der Waals surface area contributed by atoms with Crippen LogP contribution in [-0.2, 0) is 24.1 Å². The zero-order valence-corrected chi connectivity index (χ0v) is 12.7. The van der Waals surface area contributed by atoms with Gasteiger partial charge < -0.3 is 10.4 Å². The molecular formula is C20H17NO2. The topological polar surface area (TPSA) is 49.3 Å². The number of carbonyl (C=O) groups excluding carboxylic acids is 1. The Bertz CT molecular complexity index is 887. The second kappa shape index (κ2) is 5.43. The Morgan fingerprint density at radius 1 is 0.957 bits per heavy atom. The van der Waals surface area contributed by atoms with Crippen molar-refractivity contribution in [3.05, 3.63) is 71.3 Å². The van der Waals surface area contributed by atoms with Gasteiger partial charge in [0.05, 0.1) is 6.42 Å². The van der Waals surface area contributed by atoms with Crippen LogP contribution in [0.2, 0.25) is 0 Å². The average Bonchev–Trinajstić information content (AvgIpc) is 2.97. The number of amides is 1. The van der Waals surface area contributed by atoms with Gasteiger partial charge in [-0.1, -0.05) is 36.4 Å². The minimum atomic E-state index is -0.0469. The molecule has 3 nitrogen and oxygen atoms in total. The third kappa shape index (κ3) is 2.55. The van der Waals surface area contributed by atoms with E-state index in [1.807, 2.05) is 6.07 Å². The van der Waals surface area contributed by atoms with Crippen molar-refractivity contribution >= 4 is 22.4 Å². The first kappa shape index (κ1) is 13.8. The SMILES string of the molecule is O=C(Cc1ccc(O)cc1)Nc1ccc2c3c(cccc13)CC2. The fourth-order valence-electron chi connectivity index (χ4n) is 3.35. The van der Waals surface area contributed by atoms with Crippen LogP contribution in [0.4, 0.5) is 5.69 Å². The number of hydrogen-bond donors (Lipinski definition) is 2. The largest absolute Gasteiger partial charge is 0.508 e. The molecule has 1 aliphatic carbocycles. The normalized spacial score (nSPS) is 12.5. The van der Waals surface area contributed by atoms with Gasteiger partial charge in [0.15, 0.2) is 0 Å². The minimum Gasteiger partial charge on any atom is -0.508 e. The van der Waals surface area contributed by atoms with Gasteiger partial charge in [0, 0.05) is 11.1 Å². The summed E-state index contributed by atoms with van der Waals surface area (Å²) in [5.74, 6) is 0.163. The lowest BCUT2D eigenvalue weighted by molar-refractivity contribution is -0.115. The quantitative estimate of drug-likeness (QED) is 0.772. The van der Waals surface area contributed by atoms with E-state index in [-0.39, 0.29) is 11.7 Å². The summed E-state index contributed by atoms with van der Waals surface area (Å²) in [6.45, 7) is 0. The lowest BCUT2D eigenvalue weighted by atomic mass is 10.0. The minimum absolute atomic E-state index is 0.0469. The van der Waals surface area contributed by atoms with Gasteiger partial charge in [-0.2, -0.15) is 0 Å². The van der Waals surface area contributed by atoms with Crippen LogP contribution in [0.3, 0.4) is 0 Å². The van der Waals surface area contributed by atoms with Crippen molar-refractivity contribution in [2.75, 3.05) is 5.32 Å².